The number of benzene rings is 1. The number of amides is 1. The number of hydrogen-bond acceptors (Lipinski definition) is 2. The van der Waals surface area contributed by atoms with Crippen molar-refractivity contribution in [2.45, 2.75) is 49.5 Å². The summed E-state index contributed by atoms with van der Waals surface area (Å²) in [4.78, 5) is 12.0. The van der Waals surface area contributed by atoms with Crippen molar-refractivity contribution in [3.05, 3.63) is 29.3 Å². The fraction of sp³-hybridized carbons (Fsp3) is 0.533. The van der Waals surface area contributed by atoms with Crippen molar-refractivity contribution in [2.75, 3.05) is 5.32 Å². The molecule has 7 heteroatoms. The molecule has 0 radical (unpaired) electrons. The molecule has 22 heavy (non-hydrogen) atoms. The Kier molecular flexibility index (Phi) is 5.72. The first-order valence-electron chi connectivity index (χ1n) is 7.19. The van der Waals surface area contributed by atoms with Crippen LogP contribution in [0.3, 0.4) is 0 Å². The number of thioether (sulfide) groups is 1. The maximum absolute atomic E-state index is 13.5. The van der Waals surface area contributed by atoms with E-state index in [1.54, 1.807) is 6.92 Å². The van der Waals surface area contributed by atoms with Crippen LogP contribution in [-0.4, -0.2) is 16.4 Å². The lowest BCUT2D eigenvalue weighted by Gasteiger charge is -2.24. The van der Waals surface area contributed by atoms with Crippen LogP contribution >= 0.6 is 11.8 Å². The van der Waals surface area contributed by atoms with Gasteiger partial charge in [0.2, 0.25) is 5.91 Å². The largest absolute Gasteiger partial charge is 0.320 e. The summed E-state index contributed by atoms with van der Waals surface area (Å²) in [5.41, 5.74) is -1.07. The molecule has 1 atom stereocenters. The van der Waals surface area contributed by atoms with Crippen LogP contribution in [0.1, 0.15) is 39.0 Å². The van der Waals surface area contributed by atoms with Gasteiger partial charge in [0.1, 0.15) is 5.69 Å². The number of nitrogens with one attached hydrogen (secondary N) is 1. The molecule has 2 nitrogen and oxygen atoms in total. The summed E-state index contributed by atoms with van der Waals surface area (Å²) < 4.78 is 53.3. The lowest BCUT2D eigenvalue weighted by molar-refractivity contribution is -0.115. The highest BCUT2D eigenvalue weighted by Crippen LogP contribution is 2.32. The quantitative estimate of drug-likeness (QED) is 0.642. The summed E-state index contributed by atoms with van der Waals surface area (Å²) in [6, 6.07) is 0.112. The number of anilines is 1. The lowest BCUT2D eigenvalue weighted by Crippen LogP contribution is -2.26. The Morgan fingerprint density at radius 1 is 1.14 bits per heavy atom. The predicted octanol–water partition coefficient (Wildman–Crippen LogP) is 4.64. The molecular formula is C15H17F4NOS. The number of hydrogen-bond donors (Lipinski definition) is 1. The Balaban J connectivity index is 2.05. The molecule has 1 amide bonds. The topological polar surface area (TPSA) is 29.1 Å². The van der Waals surface area contributed by atoms with Crippen LogP contribution < -0.4 is 5.32 Å². The van der Waals surface area contributed by atoms with Crippen molar-refractivity contribution in [3.8, 4) is 0 Å². The van der Waals surface area contributed by atoms with Crippen LogP contribution in [0.25, 0.3) is 0 Å². The molecule has 0 aromatic heterocycles. The summed E-state index contributed by atoms with van der Waals surface area (Å²) in [6.45, 7) is 1.61. The van der Waals surface area contributed by atoms with Gasteiger partial charge in [-0.2, -0.15) is 0 Å². The van der Waals surface area contributed by atoms with Crippen LogP contribution in [0.4, 0.5) is 23.2 Å². The monoisotopic (exact) mass is 335 g/mol. The second-order valence-corrected chi connectivity index (χ2v) is 7.02. The van der Waals surface area contributed by atoms with Gasteiger partial charge in [0, 0.05) is 11.3 Å². The van der Waals surface area contributed by atoms with Crippen molar-refractivity contribution in [3.63, 3.8) is 0 Å². The minimum atomic E-state index is -1.60. The third-order valence-corrected chi connectivity index (χ3v) is 5.16. The van der Waals surface area contributed by atoms with Crippen molar-refractivity contribution in [1.82, 2.24) is 0 Å². The molecule has 0 bridgehead atoms. The molecule has 0 spiro atoms. The first kappa shape index (κ1) is 17.1. The molecule has 1 aromatic carbocycles. The Labute approximate surface area is 130 Å². The first-order chi connectivity index (χ1) is 10.4. The average molecular weight is 335 g/mol. The van der Waals surface area contributed by atoms with Gasteiger partial charge in [0.15, 0.2) is 23.3 Å². The third-order valence-electron chi connectivity index (χ3n) is 3.68. The fourth-order valence-corrected chi connectivity index (χ4v) is 3.82. The first-order valence-corrected chi connectivity index (χ1v) is 8.13. The highest BCUT2D eigenvalue weighted by molar-refractivity contribution is 8.01. The lowest BCUT2D eigenvalue weighted by atomic mass is 10.0. The highest BCUT2D eigenvalue weighted by atomic mass is 32.2. The summed E-state index contributed by atoms with van der Waals surface area (Å²) in [5.74, 6) is -6.94. The van der Waals surface area contributed by atoms with Crippen molar-refractivity contribution in [1.29, 1.82) is 0 Å². The van der Waals surface area contributed by atoms with E-state index in [4.69, 9.17) is 0 Å². The molecular weight excluding hydrogens is 318 g/mol. The third kappa shape index (κ3) is 3.94. The van der Waals surface area contributed by atoms with E-state index < -0.39 is 40.1 Å². The Hall–Kier alpha value is -1.24. The minimum Gasteiger partial charge on any atom is -0.320 e. The molecule has 1 saturated carbocycles. The summed E-state index contributed by atoms with van der Waals surface area (Å²) in [6.07, 6.45) is 5.38. The molecule has 122 valence electrons. The summed E-state index contributed by atoms with van der Waals surface area (Å²) >= 11 is 1.42. The number of carbonyl (C=O) groups excluding carboxylic acids is 1. The summed E-state index contributed by atoms with van der Waals surface area (Å²) in [5, 5.41) is 1.73. The van der Waals surface area contributed by atoms with Crippen LogP contribution in [0.2, 0.25) is 0 Å². The van der Waals surface area contributed by atoms with E-state index in [-0.39, 0.29) is 6.07 Å². The molecule has 1 fully saturated rings. The molecule has 2 rings (SSSR count). The number of halogens is 4. The van der Waals surface area contributed by atoms with Crippen LogP contribution in [0.15, 0.2) is 6.07 Å². The van der Waals surface area contributed by atoms with E-state index in [1.807, 2.05) is 5.32 Å². The van der Waals surface area contributed by atoms with Gasteiger partial charge in [-0.05, 0) is 19.8 Å². The molecule has 0 aliphatic heterocycles. The van der Waals surface area contributed by atoms with Gasteiger partial charge in [-0.3, -0.25) is 4.79 Å². The second-order valence-electron chi connectivity index (χ2n) is 5.37. The molecule has 1 aliphatic carbocycles. The second kappa shape index (κ2) is 7.35. The SMILES string of the molecule is CC(SC1CCCCC1)C(=O)Nc1c(F)c(F)cc(F)c1F. The fourth-order valence-electron chi connectivity index (χ4n) is 2.46. The zero-order valence-corrected chi connectivity index (χ0v) is 12.9. The molecule has 0 heterocycles. The molecule has 0 saturated heterocycles. The van der Waals surface area contributed by atoms with E-state index in [1.165, 1.54) is 18.2 Å². The van der Waals surface area contributed by atoms with E-state index in [9.17, 15) is 22.4 Å². The number of rotatable bonds is 4. The highest BCUT2D eigenvalue weighted by Gasteiger charge is 2.25. The minimum absolute atomic E-state index is 0.112. The van der Waals surface area contributed by atoms with Crippen molar-refractivity contribution >= 4 is 23.4 Å². The molecule has 1 N–H and O–H groups in total. The van der Waals surface area contributed by atoms with Gasteiger partial charge < -0.3 is 5.32 Å². The Morgan fingerprint density at radius 3 is 2.23 bits per heavy atom. The van der Waals surface area contributed by atoms with E-state index in [0.717, 1.165) is 25.7 Å². The van der Waals surface area contributed by atoms with E-state index in [2.05, 4.69) is 0 Å². The zero-order chi connectivity index (χ0) is 16.3. The molecule has 1 aromatic rings. The van der Waals surface area contributed by atoms with Crippen LogP contribution in [0, 0.1) is 23.3 Å². The van der Waals surface area contributed by atoms with E-state index in [0.29, 0.717) is 5.25 Å². The van der Waals surface area contributed by atoms with Crippen LogP contribution in [0.5, 0.6) is 0 Å². The maximum atomic E-state index is 13.5. The predicted molar refractivity (Wildman–Crippen MR) is 78.8 cm³/mol. The standard InChI is InChI=1S/C15H17F4NOS/c1-8(22-9-5-3-2-4-6-9)15(21)20-14-12(18)10(16)7-11(17)13(14)19/h7-9H,2-6H2,1H3,(H,20,21). The van der Waals surface area contributed by atoms with E-state index >= 15 is 0 Å². The van der Waals surface area contributed by atoms with Gasteiger partial charge in [-0.1, -0.05) is 19.3 Å². The van der Waals surface area contributed by atoms with Gasteiger partial charge in [0.25, 0.3) is 0 Å². The smallest absolute Gasteiger partial charge is 0.237 e. The molecule has 1 aliphatic rings. The maximum Gasteiger partial charge on any atom is 0.237 e. The van der Waals surface area contributed by atoms with Crippen molar-refractivity contribution in [2.24, 2.45) is 0 Å². The zero-order valence-electron chi connectivity index (χ0n) is 12.1. The Morgan fingerprint density at radius 2 is 1.68 bits per heavy atom. The van der Waals surface area contributed by atoms with Gasteiger partial charge in [-0.25, -0.2) is 17.6 Å². The average Bonchev–Trinajstić information content (AvgIpc) is 2.50. The van der Waals surface area contributed by atoms with Gasteiger partial charge in [-0.15, -0.1) is 11.8 Å². The van der Waals surface area contributed by atoms with Crippen LogP contribution in [-0.2, 0) is 4.79 Å². The summed E-state index contributed by atoms with van der Waals surface area (Å²) in [7, 11) is 0. The Bertz CT molecular complexity index is 535. The molecule has 1 unspecified atom stereocenters. The van der Waals surface area contributed by atoms with Gasteiger partial charge in [0.05, 0.1) is 5.25 Å². The normalized spacial score (nSPS) is 17.3. The van der Waals surface area contributed by atoms with Gasteiger partial charge >= 0.3 is 0 Å². The van der Waals surface area contributed by atoms with Crippen molar-refractivity contribution < 1.29 is 22.4 Å². The number of carbonyl (C=O) groups is 1.